The van der Waals surface area contributed by atoms with E-state index < -0.39 is 0 Å². The maximum absolute atomic E-state index is 12.2. The normalized spacial score (nSPS) is 14.4. The Bertz CT molecular complexity index is 674. The zero-order chi connectivity index (χ0) is 15.5. The quantitative estimate of drug-likeness (QED) is 0.941. The van der Waals surface area contributed by atoms with Gasteiger partial charge >= 0.3 is 0 Å². The van der Waals surface area contributed by atoms with Crippen molar-refractivity contribution in [3.63, 3.8) is 0 Å². The summed E-state index contributed by atoms with van der Waals surface area (Å²) in [4.78, 5) is 20.0. The highest BCUT2D eigenvalue weighted by Gasteiger charge is 2.18. The number of carbonyl (C=O) groups is 1. The van der Waals surface area contributed by atoms with Crippen molar-refractivity contribution in [2.24, 2.45) is 0 Å². The fourth-order valence-corrected chi connectivity index (χ4v) is 3.54. The van der Waals surface area contributed by atoms with Crippen molar-refractivity contribution in [3.05, 3.63) is 45.3 Å². The van der Waals surface area contributed by atoms with Gasteiger partial charge < -0.3 is 10.2 Å². The van der Waals surface area contributed by atoms with Gasteiger partial charge in [-0.1, -0.05) is 6.07 Å². The lowest BCUT2D eigenvalue weighted by Crippen LogP contribution is -2.26. The average Bonchev–Trinajstić information content (AvgIpc) is 3.17. The van der Waals surface area contributed by atoms with E-state index in [9.17, 15) is 4.79 Å². The third-order valence-electron chi connectivity index (χ3n) is 3.89. The van der Waals surface area contributed by atoms with Crippen LogP contribution >= 0.6 is 11.3 Å². The highest BCUT2D eigenvalue weighted by molar-refractivity contribution is 7.12. The second-order valence-electron chi connectivity index (χ2n) is 5.80. The molecule has 1 saturated heterocycles. The minimum atomic E-state index is -0.00829. The summed E-state index contributed by atoms with van der Waals surface area (Å²) in [6.07, 6.45) is 2.44. The molecule has 0 spiro atoms. The lowest BCUT2D eigenvalue weighted by Gasteiger charge is -2.20. The molecule has 2 aromatic rings. The van der Waals surface area contributed by atoms with Crippen LogP contribution in [0.15, 0.2) is 23.6 Å². The molecule has 1 amide bonds. The maximum Gasteiger partial charge on any atom is 0.261 e. The molecule has 22 heavy (non-hydrogen) atoms. The molecule has 1 aliphatic rings. The number of thiophene rings is 1. The molecule has 116 valence electrons. The number of carbonyl (C=O) groups excluding carboxylic acids is 1. The largest absolute Gasteiger partial charge is 0.356 e. The first kappa shape index (κ1) is 15.0. The summed E-state index contributed by atoms with van der Waals surface area (Å²) < 4.78 is 0. The van der Waals surface area contributed by atoms with Gasteiger partial charge in [-0.25, -0.2) is 4.98 Å². The summed E-state index contributed by atoms with van der Waals surface area (Å²) in [5.41, 5.74) is 3.24. The molecule has 2 aromatic heterocycles. The van der Waals surface area contributed by atoms with Crippen molar-refractivity contribution in [2.75, 3.05) is 18.0 Å². The van der Waals surface area contributed by atoms with Gasteiger partial charge in [-0.3, -0.25) is 4.79 Å². The van der Waals surface area contributed by atoms with Gasteiger partial charge in [0.1, 0.15) is 5.82 Å². The summed E-state index contributed by atoms with van der Waals surface area (Å²) in [5, 5.41) is 5.01. The molecule has 3 heterocycles. The van der Waals surface area contributed by atoms with E-state index in [1.54, 1.807) is 0 Å². The van der Waals surface area contributed by atoms with Gasteiger partial charge in [0.2, 0.25) is 0 Å². The molecule has 3 rings (SSSR count). The molecule has 1 aliphatic heterocycles. The van der Waals surface area contributed by atoms with Crippen molar-refractivity contribution in [3.8, 4) is 0 Å². The Balaban J connectivity index is 1.73. The Labute approximate surface area is 135 Å². The highest BCUT2D eigenvalue weighted by atomic mass is 32.1. The van der Waals surface area contributed by atoms with Gasteiger partial charge in [0.15, 0.2) is 0 Å². The first-order valence-electron chi connectivity index (χ1n) is 7.68. The lowest BCUT2D eigenvalue weighted by atomic mass is 10.2. The Morgan fingerprint density at radius 2 is 2.09 bits per heavy atom. The number of hydrogen-bond acceptors (Lipinski definition) is 4. The van der Waals surface area contributed by atoms with Crippen LogP contribution in [0.3, 0.4) is 0 Å². The second-order valence-corrected chi connectivity index (χ2v) is 6.71. The Kier molecular flexibility index (Phi) is 4.43. The topological polar surface area (TPSA) is 45.2 Å². The molecular formula is C17H21N3OS. The van der Waals surface area contributed by atoms with E-state index in [-0.39, 0.29) is 5.91 Å². The predicted molar refractivity (Wildman–Crippen MR) is 90.6 cm³/mol. The van der Waals surface area contributed by atoms with E-state index in [4.69, 9.17) is 0 Å². The molecule has 0 unspecified atom stereocenters. The number of pyridine rings is 1. The number of nitrogens with one attached hydrogen (secondary N) is 1. The molecule has 1 fully saturated rings. The molecule has 5 heteroatoms. The first-order chi connectivity index (χ1) is 10.6. The van der Waals surface area contributed by atoms with Crippen LogP contribution in [0.1, 0.15) is 39.3 Å². The van der Waals surface area contributed by atoms with Crippen LogP contribution in [0.5, 0.6) is 0 Å². The van der Waals surface area contributed by atoms with Crippen LogP contribution < -0.4 is 10.2 Å². The zero-order valence-electron chi connectivity index (χ0n) is 13.1. The van der Waals surface area contributed by atoms with Crippen molar-refractivity contribution in [2.45, 2.75) is 33.2 Å². The third kappa shape index (κ3) is 3.30. The van der Waals surface area contributed by atoms with Crippen LogP contribution in [0, 0.1) is 13.8 Å². The fraction of sp³-hybridized carbons (Fsp3) is 0.412. The molecule has 1 N–H and O–H groups in total. The number of anilines is 1. The van der Waals surface area contributed by atoms with Crippen LogP contribution in [0.4, 0.5) is 5.82 Å². The number of amides is 1. The highest BCUT2D eigenvalue weighted by Crippen LogP contribution is 2.23. The molecule has 0 atom stereocenters. The van der Waals surface area contributed by atoms with E-state index in [2.05, 4.69) is 21.3 Å². The van der Waals surface area contributed by atoms with E-state index in [1.807, 2.05) is 31.4 Å². The lowest BCUT2D eigenvalue weighted by molar-refractivity contribution is 0.0955. The van der Waals surface area contributed by atoms with Crippen molar-refractivity contribution < 1.29 is 4.79 Å². The maximum atomic E-state index is 12.2. The van der Waals surface area contributed by atoms with Crippen molar-refractivity contribution in [1.29, 1.82) is 0 Å². The smallest absolute Gasteiger partial charge is 0.261 e. The molecule has 0 aliphatic carbocycles. The number of nitrogens with zero attached hydrogens (tertiary/aromatic N) is 2. The standard InChI is InChI=1S/C17H21N3OS/c1-12-9-15(22-11-12)17(21)18-10-14-6-5-13(2)19-16(14)20-7-3-4-8-20/h5-6,9,11H,3-4,7-8,10H2,1-2H3,(H,18,21). The van der Waals surface area contributed by atoms with E-state index >= 15 is 0 Å². The zero-order valence-corrected chi connectivity index (χ0v) is 13.9. The molecule has 0 radical (unpaired) electrons. The number of aryl methyl sites for hydroxylation is 2. The fourth-order valence-electron chi connectivity index (χ4n) is 2.73. The summed E-state index contributed by atoms with van der Waals surface area (Å²) in [7, 11) is 0. The molecule has 0 aromatic carbocycles. The van der Waals surface area contributed by atoms with Gasteiger partial charge in [0.05, 0.1) is 4.88 Å². The van der Waals surface area contributed by atoms with Crippen molar-refractivity contribution in [1.82, 2.24) is 10.3 Å². The minimum absolute atomic E-state index is 0.00829. The van der Waals surface area contributed by atoms with E-state index in [1.165, 1.54) is 24.2 Å². The van der Waals surface area contributed by atoms with Gasteiger partial charge in [-0.05, 0) is 49.8 Å². The number of rotatable bonds is 4. The van der Waals surface area contributed by atoms with E-state index in [0.717, 1.165) is 40.6 Å². The summed E-state index contributed by atoms with van der Waals surface area (Å²) in [6.45, 7) is 6.65. The molecule has 4 nitrogen and oxygen atoms in total. The average molecular weight is 315 g/mol. The Morgan fingerprint density at radius 3 is 2.77 bits per heavy atom. The predicted octanol–water partition coefficient (Wildman–Crippen LogP) is 3.29. The van der Waals surface area contributed by atoms with Crippen molar-refractivity contribution >= 4 is 23.1 Å². The monoisotopic (exact) mass is 315 g/mol. The SMILES string of the molecule is Cc1csc(C(=O)NCc2ccc(C)nc2N2CCCC2)c1. The van der Waals surface area contributed by atoms with Crippen LogP contribution in [-0.2, 0) is 6.54 Å². The van der Waals surface area contributed by atoms with Crippen LogP contribution in [0.25, 0.3) is 0 Å². The molecule has 0 saturated carbocycles. The van der Waals surface area contributed by atoms with Gasteiger partial charge in [-0.2, -0.15) is 0 Å². The van der Waals surface area contributed by atoms with E-state index in [0.29, 0.717) is 6.54 Å². The van der Waals surface area contributed by atoms with Gasteiger partial charge in [0, 0.05) is 30.9 Å². The molecule has 0 bridgehead atoms. The summed E-state index contributed by atoms with van der Waals surface area (Å²) in [6, 6.07) is 6.01. The van der Waals surface area contributed by atoms with Crippen LogP contribution in [-0.4, -0.2) is 24.0 Å². The third-order valence-corrected chi connectivity index (χ3v) is 4.94. The first-order valence-corrected chi connectivity index (χ1v) is 8.56. The Morgan fingerprint density at radius 1 is 1.32 bits per heavy atom. The summed E-state index contributed by atoms with van der Waals surface area (Å²) >= 11 is 1.49. The summed E-state index contributed by atoms with van der Waals surface area (Å²) in [5.74, 6) is 1.02. The minimum Gasteiger partial charge on any atom is -0.356 e. The molecular weight excluding hydrogens is 294 g/mol. The Hall–Kier alpha value is -1.88. The van der Waals surface area contributed by atoms with Gasteiger partial charge in [0.25, 0.3) is 5.91 Å². The second kappa shape index (κ2) is 6.48. The van der Waals surface area contributed by atoms with Gasteiger partial charge in [-0.15, -0.1) is 11.3 Å². The van der Waals surface area contributed by atoms with Crippen LogP contribution in [0.2, 0.25) is 0 Å². The number of aromatic nitrogens is 1. The number of hydrogen-bond donors (Lipinski definition) is 1.